The van der Waals surface area contributed by atoms with Gasteiger partial charge in [0.15, 0.2) is 0 Å². The molecule has 0 aliphatic rings. The summed E-state index contributed by atoms with van der Waals surface area (Å²) in [6.07, 6.45) is 1.68. The third kappa shape index (κ3) is 2.94. The van der Waals surface area contributed by atoms with Crippen LogP contribution in [0.4, 0.5) is 0 Å². The van der Waals surface area contributed by atoms with Gasteiger partial charge < -0.3 is 4.42 Å². The van der Waals surface area contributed by atoms with Crippen molar-refractivity contribution in [2.45, 2.75) is 17.9 Å². The van der Waals surface area contributed by atoms with Crippen molar-refractivity contribution in [3.05, 3.63) is 34.9 Å². The van der Waals surface area contributed by atoms with E-state index in [4.69, 9.17) is 16.0 Å². The lowest BCUT2D eigenvalue weighted by atomic mass is 10.4. The van der Waals surface area contributed by atoms with Crippen molar-refractivity contribution in [2.75, 3.05) is 0 Å². The first-order chi connectivity index (χ1) is 7.24. The van der Waals surface area contributed by atoms with E-state index in [1.54, 1.807) is 19.2 Å². The third-order valence-electron chi connectivity index (χ3n) is 1.63. The lowest BCUT2D eigenvalue weighted by Gasteiger charge is -1.97. The molecule has 6 heteroatoms. The molecule has 0 saturated heterocycles. The monoisotopic (exact) mass is 241 g/mol. The van der Waals surface area contributed by atoms with Crippen LogP contribution in [0.3, 0.4) is 0 Å². The number of nitrogens with zero attached hydrogens (tertiary/aromatic N) is 3. The largest absolute Gasteiger partial charge is 0.416 e. The van der Waals surface area contributed by atoms with Crippen molar-refractivity contribution in [3.63, 3.8) is 0 Å². The van der Waals surface area contributed by atoms with Gasteiger partial charge in [-0.05, 0) is 12.1 Å². The molecule has 2 aromatic heterocycles. The lowest BCUT2D eigenvalue weighted by Crippen LogP contribution is -1.85. The van der Waals surface area contributed by atoms with Gasteiger partial charge >= 0.3 is 0 Å². The molecule has 0 saturated carbocycles. The number of hydrogen-bond donors (Lipinski definition) is 0. The summed E-state index contributed by atoms with van der Waals surface area (Å²) in [5.74, 6) is 1.24. The third-order valence-corrected chi connectivity index (χ3v) is 2.72. The van der Waals surface area contributed by atoms with E-state index in [1.807, 2.05) is 6.07 Å². The molecule has 0 spiro atoms. The molecule has 0 fully saturated rings. The molecule has 0 N–H and O–H groups in total. The summed E-state index contributed by atoms with van der Waals surface area (Å²) in [5, 5.41) is 8.83. The summed E-state index contributed by atoms with van der Waals surface area (Å²) < 4.78 is 5.22. The Balaban J connectivity index is 1.99. The second-order valence-corrected chi connectivity index (χ2v) is 4.20. The van der Waals surface area contributed by atoms with Crippen molar-refractivity contribution in [2.24, 2.45) is 0 Å². The van der Waals surface area contributed by atoms with Crippen LogP contribution in [-0.4, -0.2) is 15.2 Å². The van der Waals surface area contributed by atoms with Gasteiger partial charge in [0.2, 0.25) is 5.89 Å². The van der Waals surface area contributed by atoms with Crippen LogP contribution in [0.2, 0.25) is 5.02 Å². The standard InChI is InChI=1S/C9H8ClN3OS/c1-6-12-13-9(14-6)15-5-8-4-7(10)2-3-11-8/h2-4H,5H2,1H3. The van der Waals surface area contributed by atoms with Crippen LogP contribution in [0.1, 0.15) is 11.6 Å². The van der Waals surface area contributed by atoms with Gasteiger partial charge in [-0.3, -0.25) is 4.98 Å². The molecule has 0 bridgehead atoms. The predicted octanol–water partition coefficient (Wildman–Crippen LogP) is 2.72. The second kappa shape index (κ2) is 4.63. The van der Waals surface area contributed by atoms with Crippen LogP contribution in [0.5, 0.6) is 0 Å². The van der Waals surface area contributed by atoms with Gasteiger partial charge in [-0.25, -0.2) is 0 Å². The van der Waals surface area contributed by atoms with E-state index in [9.17, 15) is 0 Å². The Labute approximate surface area is 96.1 Å². The molecule has 2 heterocycles. The smallest absolute Gasteiger partial charge is 0.276 e. The lowest BCUT2D eigenvalue weighted by molar-refractivity contribution is 0.429. The van der Waals surface area contributed by atoms with Crippen LogP contribution in [0.15, 0.2) is 28.0 Å². The van der Waals surface area contributed by atoms with E-state index in [-0.39, 0.29) is 0 Å². The zero-order chi connectivity index (χ0) is 10.7. The number of thioether (sulfide) groups is 1. The van der Waals surface area contributed by atoms with Crippen molar-refractivity contribution >= 4 is 23.4 Å². The zero-order valence-corrected chi connectivity index (χ0v) is 9.55. The molecule has 0 amide bonds. The summed E-state index contributed by atoms with van der Waals surface area (Å²) in [6.45, 7) is 1.76. The molecule has 2 rings (SSSR count). The van der Waals surface area contributed by atoms with Gasteiger partial charge in [-0.2, -0.15) is 0 Å². The maximum atomic E-state index is 5.83. The fourth-order valence-corrected chi connectivity index (χ4v) is 1.89. The number of hydrogen-bond acceptors (Lipinski definition) is 5. The van der Waals surface area contributed by atoms with Crippen LogP contribution in [0, 0.1) is 6.92 Å². The molecule has 0 atom stereocenters. The Kier molecular flexibility index (Phi) is 3.23. The van der Waals surface area contributed by atoms with Gasteiger partial charge in [0, 0.05) is 23.9 Å². The first-order valence-corrected chi connectivity index (χ1v) is 5.64. The number of rotatable bonds is 3. The summed E-state index contributed by atoms with van der Waals surface area (Å²) in [4.78, 5) is 4.17. The second-order valence-electron chi connectivity index (χ2n) is 2.84. The highest BCUT2D eigenvalue weighted by molar-refractivity contribution is 7.98. The van der Waals surface area contributed by atoms with E-state index in [1.165, 1.54) is 11.8 Å². The van der Waals surface area contributed by atoms with E-state index in [0.29, 0.717) is 21.9 Å². The first-order valence-electron chi connectivity index (χ1n) is 4.27. The van der Waals surface area contributed by atoms with E-state index >= 15 is 0 Å². The van der Waals surface area contributed by atoms with Gasteiger partial charge in [0.25, 0.3) is 5.22 Å². The number of halogens is 1. The molecule has 0 aliphatic carbocycles. The molecule has 0 aliphatic heterocycles. The van der Waals surface area contributed by atoms with Crippen molar-refractivity contribution in [1.82, 2.24) is 15.2 Å². The Hall–Kier alpha value is -1.07. The van der Waals surface area contributed by atoms with Crippen LogP contribution < -0.4 is 0 Å². The summed E-state index contributed by atoms with van der Waals surface area (Å²) in [6, 6.07) is 3.56. The van der Waals surface area contributed by atoms with E-state index in [2.05, 4.69) is 15.2 Å². The predicted molar refractivity (Wildman–Crippen MR) is 57.8 cm³/mol. The summed E-state index contributed by atoms with van der Waals surface area (Å²) in [5.41, 5.74) is 0.892. The van der Waals surface area contributed by atoms with Gasteiger partial charge in [0.05, 0.1) is 5.69 Å². The molecule has 2 aromatic rings. The van der Waals surface area contributed by atoms with Crippen LogP contribution in [0.25, 0.3) is 0 Å². The Morgan fingerprint density at radius 2 is 2.33 bits per heavy atom. The van der Waals surface area contributed by atoms with Crippen molar-refractivity contribution in [1.29, 1.82) is 0 Å². The maximum Gasteiger partial charge on any atom is 0.276 e. The van der Waals surface area contributed by atoms with Crippen molar-refractivity contribution < 1.29 is 4.42 Å². The van der Waals surface area contributed by atoms with Gasteiger partial charge in [-0.1, -0.05) is 23.4 Å². The number of aromatic nitrogens is 3. The minimum Gasteiger partial charge on any atom is -0.416 e. The molecule has 0 aromatic carbocycles. The van der Waals surface area contributed by atoms with Gasteiger partial charge in [0.1, 0.15) is 0 Å². The number of pyridine rings is 1. The highest BCUT2D eigenvalue weighted by atomic mass is 35.5. The average Bonchev–Trinajstić information content (AvgIpc) is 2.62. The average molecular weight is 242 g/mol. The highest BCUT2D eigenvalue weighted by Gasteiger charge is 2.04. The molecule has 0 radical (unpaired) electrons. The topological polar surface area (TPSA) is 51.8 Å². The fraction of sp³-hybridized carbons (Fsp3) is 0.222. The summed E-state index contributed by atoms with van der Waals surface area (Å²) in [7, 11) is 0. The molecular weight excluding hydrogens is 234 g/mol. The van der Waals surface area contributed by atoms with Gasteiger partial charge in [-0.15, -0.1) is 10.2 Å². The minimum absolute atomic E-state index is 0.550. The van der Waals surface area contributed by atoms with Crippen LogP contribution in [-0.2, 0) is 5.75 Å². The van der Waals surface area contributed by atoms with Crippen LogP contribution >= 0.6 is 23.4 Å². The molecular formula is C9H8ClN3OS. The normalized spacial score (nSPS) is 10.5. The Morgan fingerprint density at radius 3 is 3.00 bits per heavy atom. The van der Waals surface area contributed by atoms with E-state index < -0.39 is 0 Å². The maximum absolute atomic E-state index is 5.83. The summed E-state index contributed by atoms with van der Waals surface area (Å²) >= 11 is 7.27. The zero-order valence-electron chi connectivity index (χ0n) is 7.98. The quantitative estimate of drug-likeness (QED) is 0.774. The van der Waals surface area contributed by atoms with Crippen molar-refractivity contribution in [3.8, 4) is 0 Å². The SMILES string of the molecule is Cc1nnc(SCc2cc(Cl)ccn2)o1. The first kappa shape index (κ1) is 10.4. The number of aryl methyl sites for hydroxylation is 1. The Morgan fingerprint density at radius 1 is 1.47 bits per heavy atom. The molecule has 15 heavy (non-hydrogen) atoms. The molecule has 4 nitrogen and oxygen atoms in total. The van der Waals surface area contributed by atoms with E-state index in [0.717, 1.165) is 5.69 Å². The molecule has 0 unspecified atom stereocenters. The Bertz CT molecular complexity index is 460. The fourth-order valence-electron chi connectivity index (χ4n) is 1.00. The molecule has 78 valence electrons. The minimum atomic E-state index is 0.550. The highest BCUT2D eigenvalue weighted by Crippen LogP contribution is 2.21.